The molecule has 1 heterocycles. The minimum absolute atomic E-state index is 0.0447. The van der Waals surface area contributed by atoms with E-state index in [4.69, 9.17) is 10.5 Å². The lowest BCUT2D eigenvalue weighted by Gasteiger charge is -2.18. The molecule has 0 saturated carbocycles. The summed E-state index contributed by atoms with van der Waals surface area (Å²) in [6.07, 6.45) is 1.15. The number of halogens is 3. The monoisotopic (exact) mass is 520 g/mol. The van der Waals surface area contributed by atoms with Crippen molar-refractivity contribution >= 4 is 33.6 Å². The molecule has 1 amide bonds. The van der Waals surface area contributed by atoms with Gasteiger partial charge in [-0.2, -0.15) is 0 Å². The van der Waals surface area contributed by atoms with Crippen molar-refractivity contribution in [3.63, 3.8) is 0 Å². The van der Waals surface area contributed by atoms with E-state index in [1.807, 2.05) is 0 Å². The van der Waals surface area contributed by atoms with Crippen molar-refractivity contribution in [3.05, 3.63) is 75.5 Å². The van der Waals surface area contributed by atoms with Gasteiger partial charge in [0.05, 0.1) is 31.0 Å². The molecule has 33 heavy (non-hydrogen) atoms. The number of nitrogens with one attached hydrogen (secondary N) is 1. The van der Waals surface area contributed by atoms with Gasteiger partial charge in [0.2, 0.25) is 0 Å². The first-order chi connectivity index (χ1) is 15.7. The van der Waals surface area contributed by atoms with Crippen LogP contribution in [0.15, 0.2) is 47.1 Å². The largest absolute Gasteiger partial charge is 0.461 e. The Balaban J connectivity index is 1.86. The highest BCUT2D eigenvalue weighted by molar-refractivity contribution is 9.10. The molecule has 4 N–H and O–H groups in total. The molecule has 0 saturated heterocycles. The van der Waals surface area contributed by atoms with Crippen LogP contribution in [0.4, 0.5) is 14.6 Å². The molecule has 0 fully saturated rings. The maximum atomic E-state index is 14.8. The number of carbonyl (C=O) groups is 2. The maximum absolute atomic E-state index is 14.8. The number of anilines is 1. The maximum Gasteiger partial charge on any atom is 0.358 e. The zero-order valence-electron chi connectivity index (χ0n) is 17.3. The zero-order valence-corrected chi connectivity index (χ0v) is 18.9. The number of hydrogen-bond acceptors (Lipinski definition) is 7. The number of esters is 1. The van der Waals surface area contributed by atoms with E-state index in [0.29, 0.717) is 10.0 Å². The van der Waals surface area contributed by atoms with Crippen LogP contribution < -0.4 is 11.1 Å². The van der Waals surface area contributed by atoms with Gasteiger partial charge in [0.25, 0.3) is 5.91 Å². The summed E-state index contributed by atoms with van der Waals surface area (Å²) in [5, 5.41) is 12.1. The van der Waals surface area contributed by atoms with Crippen LogP contribution in [0.25, 0.3) is 11.3 Å². The number of carbonyl (C=O) groups excluding carboxylic acids is 2. The number of aliphatic hydroxyl groups is 1. The van der Waals surface area contributed by atoms with Gasteiger partial charge in [0.15, 0.2) is 5.69 Å². The molecule has 11 heteroatoms. The Morgan fingerprint density at radius 2 is 2.00 bits per heavy atom. The van der Waals surface area contributed by atoms with Crippen molar-refractivity contribution in [2.24, 2.45) is 0 Å². The number of ether oxygens (including phenoxy) is 1. The molecule has 1 atom stereocenters. The van der Waals surface area contributed by atoms with Crippen molar-refractivity contribution in [1.29, 1.82) is 0 Å². The highest BCUT2D eigenvalue weighted by atomic mass is 79.9. The van der Waals surface area contributed by atoms with Gasteiger partial charge in [-0.25, -0.2) is 23.5 Å². The standard InChI is InChI=1S/C22H19BrF2N4O4/c1-2-33-22(32)17-9-27-20(26)19(28-17)11-3-4-15(16(25)7-11)21(31)29-18(10-30)12-5-13(23)8-14(24)6-12/h3-9,18,30H,2,10H2,1H3,(H2,26,27)(H,29,31)/t18-/m1/s1. The number of amides is 1. The molecule has 0 bridgehead atoms. The number of nitrogen functional groups attached to an aromatic ring is 1. The van der Waals surface area contributed by atoms with Crippen LogP contribution in [0.1, 0.15) is 39.4 Å². The molecule has 0 spiro atoms. The van der Waals surface area contributed by atoms with Crippen LogP contribution in [-0.2, 0) is 4.74 Å². The van der Waals surface area contributed by atoms with E-state index in [1.54, 1.807) is 6.92 Å². The SMILES string of the molecule is CCOC(=O)c1cnc(N)c(-c2ccc(C(=O)N[C@H](CO)c3cc(F)cc(Br)c3)c(F)c2)n1. The molecule has 0 aliphatic heterocycles. The first kappa shape index (κ1) is 24.2. The van der Waals surface area contributed by atoms with Crippen molar-refractivity contribution in [3.8, 4) is 11.3 Å². The first-order valence-corrected chi connectivity index (χ1v) is 10.5. The summed E-state index contributed by atoms with van der Waals surface area (Å²) in [5.74, 6) is -3.03. The normalized spacial score (nSPS) is 11.7. The third-order valence-corrected chi connectivity index (χ3v) is 5.01. The molecular weight excluding hydrogens is 502 g/mol. The highest BCUT2D eigenvalue weighted by Gasteiger charge is 2.20. The molecule has 3 rings (SSSR count). The Hall–Kier alpha value is -3.44. The fourth-order valence-electron chi connectivity index (χ4n) is 3.01. The van der Waals surface area contributed by atoms with E-state index in [-0.39, 0.29) is 34.9 Å². The third kappa shape index (κ3) is 5.68. The van der Waals surface area contributed by atoms with Gasteiger partial charge in [-0.15, -0.1) is 0 Å². The van der Waals surface area contributed by atoms with Gasteiger partial charge < -0.3 is 20.9 Å². The number of nitrogens with zero attached hydrogens (tertiary/aromatic N) is 2. The minimum Gasteiger partial charge on any atom is -0.461 e. The Labute approximate surface area is 195 Å². The number of rotatable bonds is 7. The van der Waals surface area contributed by atoms with E-state index in [1.165, 1.54) is 24.3 Å². The third-order valence-electron chi connectivity index (χ3n) is 4.55. The average Bonchev–Trinajstić information content (AvgIpc) is 2.77. The molecular formula is C22H19BrF2N4O4. The second-order valence-electron chi connectivity index (χ2n) is 6.82. The molecule has 0 radical (unpaired) electrons. The molecule has 8 nitrogen and oxygen atoms in total. The Kier molecular flexibility index (Phi) is 7.67. The van der Waals surface area contributed by atoms with Crippen LogP contribution in [0, 0.1) is 11.6 Å². The van der Waals surface area contributed by atoms with Crippen molar-refractivity contribution < 1.29 is 28.2 Å². The number of benzene rings is 2. The summed E-state index contributed by atoms with van der Waals surface area (Å²) in [6.45, 7) is 1.24. The second-order valence-corrected chi connectivity index (χ2v) is 7.73. The summed E-state index contributed by atoms with van der Waals surface area (Å²) < 4.78 is 33.8. The smallest absolute Gasteiger partial charge is 0.358 e. The lowest BCUT2D eigenvalue weighted by atomic mass is 10.0. The molecule has 0 aliphatic rings. The number of aromatic nitrogens is 2. The number of aliphatic hydroxyl groups excluding tert-OH is 1. The summed E-state index contributed by atoms with van der Waals surface area (Å²) in [6, 6.07) is 6.56. The van der Waals surface area contributed by atoms with Crippen molar-refractivity contribution in [2.75, 3.05) is 18.9 Å². The summed E-state index contributed by atoms with van der Waals surface area (Å²) >= 11 is 3.15. The highest BCUT2D eigenvalue weighted by Crippen LogP contribution is 2.26. The van der Waals surface area contributed by atoms with Crippen LogP contribution in [0.2, 0.25) is 0 Å². The topological polar surface area (TPSA) is 127 Å². The van der Waals surface area contributed by atoms with Gasteiger partial charge in [-0.3, -0.25) is 4.79 Å². The van der Waals surface area contributed by atoms with Crippen LogP contribution in [0.5, 0.6) is 0 Å². The van der Waals surface area contributed by atoms with Crippen molar-refractivity contribution in [1.82, 2.24) is 15.3 Å². The summed E-state index contributed by atoms with van der Waals surface area (Å²) in [4.78, 5) is 32.5. The molecule has 172 valence electrons. The van der Waals surface area contributed by atoms with Gasteiger partial charge in [-0.1, -0.05) is 22.0 Å². The van der Waals surface area contributed by atoms with Gasteiger partial charge in [-0.05, 0) is 42.8 Å². The minimum atomic E-state index is -0.966. The quantitative estimate of drug-likeness (QED) is 0.407. The molecule has 1 aromatic heterocycles. The summed E-state index contributed by atoms with van der Waals surface area (Å²) in [5.41, 5.74) is 5.94. The van der Waals surface area contributed by atoms with Gasteiger partial charge in [0.1, 0.15) is 23.1 Å². The van der Waals surface area contributed by atoms with E-state index in [0.717, 1.165) is 18.3 Å². The zero-order chi connectivity index (χ0) is 24.1. The summed E-state index contributed by atoms with van der Waals surface area (Å²) in [7, 11) is 0. The van der Waals surface area contributed by atoms with Crippen LogP contribution >= 0.6 is 15.9 Å². The van der Waals surface area contributed by atoms with Crippen molar-refractivity contribution in [2.45, 2.75) is 13.0 Å². The van der Waals surface area contributed by atoms with E-state index in [9.17, 15) is 23.5 Å². The van der Waals surface area contributed by atoms with E-state index < -0.39 is 36.2 Å². The second kappa shape index (κ2) is 10.5. The number of nitrogens with two attached hydrogens (primary N) is 1. The number of hydrogen-bond donors (Lipinski definition) is 3. The molecule has 2 aromatic carbocycles. The fourth-order valence-corrected chi connectivity index (χ4v) is 3.49. The molecule has 3 aromatic rings. The lowest BCUT2D eigenvalue weighted by molar-refractivity contribution is 0.0519. The lowest BCUT2D eigenvalue weighted by Crippen LogP contribution is -2.31. The first-order valence-electron chi connectivity index (χ1n) is 9.70. The van der Waals surface area contributed by atoms with Crippen LogP contribution in [-0.4, -0.2) is 40.2 Å². The average molecular weight is 521 g/mol. The Bertz CT molecular complexity index is 1190. The van der Waals surface area contributed by atoms with Gasteiger partial charge in [0, 0.05) is 10.0 Å². The van der Waals surface area contributed by atoms with Crippen LogP contribution in [0.3, 0.4) is 0 Å². The van der Waals surface area contributed by atoms with E-state index >= 15 is 0 Å². The Morgan fingerprint density at radius 1 is 1.24 bits per heavy atom. The Morgan fingerprint density at radius 3 is 2.64 bits per heavy atom. The predicted molar refractivity (Wildman–Crippen MR) is 119 cm³/mol. The predicted octanol–water partition coefficient (Wildman–Crippen LogP) is 3.41. The molecule has 0 aliphatic carbocycles. The molecule has 0 unspecified atom stereocenters. The van der Waals surface area contributed by atoms with E-state index in [2.05, 4.69) is 31.2 Å². The fraction of sp³-hybridized carbons (Fsp3) is 0.182. The van der Waals surface area contributed by atoms with Gasteiger partial charge >= 0.3 is 5.97 Å².